The van der Waals surface area contributed by atoms with E-state index in [1.165, 1.54) is 56.4 Å². The molecule has 0 atom stereocenters. The Kier molecular flexibility index (Phi) is 4.26. The van der Waals surface area contributed by atoms with Gasteiger partial charge in [-0.3, -0.25) is 4.79 Å². The van der Waals surface area contributed by atoms with Gasteiger partial charge in [0.05, 0.1) is 0 Å². The predicted octanol–water partition coefficient (Wildman–Crippen LogP) is 6.07. The Morgan fingerprint density at radius 3 is 2.25 bits per heavy atom. The lowest BCUT2D eigenvalue weighted by atomic mass is 9.48. The molecular weight excluding hydrogens is 353 g/mol. The van der Waals surface area contributed by atoms with E-state index in [4.69, 9.17) is 4.74 Å². The molecule has 1 heterocycles. The van der Waals surface area contributed by atoms with Crippen molar-refractivity contribution in [1.29, 1.82) is 0 Å². The summed E-state index contributed by atoms with van der Waals surface area (Å²) in [6.45, 7) is 1.75. The first kappa shape index (κ1) is 17.8. The number of rotatable bonds is 5. The van der Waals surface area contributed by atoms with E-state index in [2.05, 4.69) is 17.1 Å². The van der Waals surface area contributed by atoms with E-state index in [1.54, 1.807) is 6.92 Å². The molecule has 4 aliphatic rings. The number of ketones is 1. The zero-order chi connectivity index (χ0) is 19.3. The van der Waals surface area contributed by atoms with Gasteiger partial charge in [-0.05, 0) is 85.5 Å². The molecule has 6 rings (SSSR count). The van der Waals surface area contributed by atoms with Crippen molar-refractivity contribution in [2.24, 2.45) is 17.8 Å². The van der Waals surface area contributed by atoms with E-state index in [0.29, 0.717) is 17.6 Å². The Balaban J connectivity index is 1.34. The van der Waals surface area contributed by atoms with Crippen LogP contribution < -0.4 is 4.74 Å². The van der Waals surface area contributed by atoms with Crippen LogP contribution in [-0.2, 0) is 5.41 Å². The fourth-order valence-corrected chi connectivity index (χ4v) is 6.31. The van der Waals surface area contributed by atoms with Crippen LogP contribution in [0.3, 0.4) is 0 Å². The molecular formula is C24H26FNO2. The topological polar surface area (TPSA) is 39.2 Å². The highest BCUT2D eigenvalue weighted by Gasteiger charge is 2.51. The Morgan fingerprint density at radius 2 is 1.71 bits per heavy atom. The van der Waals surface area contributed by atoms with Crippen LogP contribution in [0.1, 0.15) is 67.8 Å². The van der Waals surface area contributed by atoms with Gasteiger partial charge >= 0.3 is 0 Å². The molecule has 0 spiro atoms. The first-order valence-corrected chi connectivity index (χ1v) is 10.5. The second-order valence-electron chi connectivity index (χ2n) is 9.11. The lowest BCUT2D eigenvalue weighted by Gasteiger charge is -2.57. The molecule has 4 heteroatoms. The molecule has 1 aromatic carbocycles. The zero-order valence-electron chi connectivity index (χ0n) is 16.3. The summed E-state index contributed by atoms with van der Waals surface area (Å²) in [5, 5.41) is 0. The summed E-state index contributed by atoms with van der Waals surface area (Å²) in [6.07, 6.45) is 9.97. The van der Waals surface area contributed by atoms with Crippen molar-refractivity contribution in [2.45, 2.75) is 57.3 Å². The van der Waals surface area contributed by atoms with Crippen molar-refractivity contribution in [1.82, 2.24) is 4.98 Å². The molecule has 4 saturated carbocycles. The Morgan fingerprint density at radius 1 is 1.11 bits per heavy atom. The molecule has 0 unspecified atom stereocenters. The average Bonchev–Trinajstić information content (AvgIpc) is 2.68. The summed E-state index contributed by atoms with van der Waals surface area (Å²) < 4.78 is 19.9. The number of hydrogen-bond donors (Lipinski definition) is 0. The maximum atomic E-state index is 14.3. The van der Waals surface area contributed by atoms with E-state index in [1.807, 2.05) is 12.1 Å². The van der Waals surface area contributed by atoms with Gasteiger partial charge in [-0.15, -0.1) is 0 Å². The number of pyridine rings is 1. The number of aromatic nitrogens is 1. The predicted molar refractivity (Wildman–Crippen MR) is 105 cm³/mol. The fraction of sp³-hybridized carbons (Fsp3) is 0.500. The van der Waals surface area contributed by atoms with Crippen LogP contribution in [0.15, 0.2) is 36.5 Å². The molecule has 4 bridgehead atoms. The number of halogens is 1. The highest BCUT2D eigenvalue weighted by Crippen LogP contribution is 2.60. The Labute approximate surface area is 165 Å². The standard InChI is InChI=1S/C24H26FNO2/c1-2-22(27)18-10-21(25)23(26-14-18)28-20-5-3-19(4-6-20)24-11-15-7-16(12-24)9-17(8-15)13-24/h3-6,10,14-17H,2,7-9,11-13H2,1H3. The van der Waals surface area contributed by atoms with Crippen LogP contribution in [0.5, 0.6) is 11.6 Å². The van der Waals surface area contributed by atoms with Gasteiger partial charge in [0.25, 0.3) is 5.88 Å². The SMILES string of the molecule is CCC(=O)c1cnc(Oc2ccc(C34CC5CC(CC(C5)C3)C4)cc2)c(F)c1. The summed E-state index contributed by atoms with van der Waals surface area (Å²) in [4.78, 5) is 15.7. The molecule has 2 aromatic rings. The number of nitrogens with zero attached hydrogens (tertiary/aromatic N) is 1. The van der Waals surface area contributed by atoms with Crippen molar-refractivity contribution in [2.75, 3.05) is 0 Å². The van der Waals surface area contributed by atoms with Crippen molar-refractivity contribution in [3.63, 3.8) is 0 Å². The quantitative estimate of drug-likeness (QED) is 0.592. The fourth-order valence-electron chi connectivity index (χ4n) is 6.31. The minimum atomic E-state index is -0.607. The van der Waals surface area contributed by atoms with Crippen molar-refractivity contribution in [3.05, 3.63) is 53.5 Å². The van der Waals surface area contributed by atoms with Crippen LogP contribution in [-0.4, -0.2) is 10.8 Å². The molecule has 3 nitrogen and oxygen atoms in total. The number of benzene rings is 1. The van der Waals surface area contributed by atoms with Gasteiger partial charge in [-0.1, -0.05) is 19.1 Å². The molecule has 0 aliphatic heterocycles. The maximum Gasteiger partial charge on any atom is 0.255 e. The van der Waals surface area contributed by atoms with Gasteiger partial charge in [0, 0.05) is 18.2 Å². The van der Waals surface area contributed by atoms with Crippen molar-refractivity contribution < 1.29 is 13.9 Å². The number of carbonyl (C=O) groups is 1. The lowest BCUT2D eigenvalue weighted by Crippen LogP contribution is -2.48. The summed E-state index contributed by atoms with van der Waals surface area (Å²) >= 11 is 0. The number of Topliss-reactive ketones (excluding diaryl/α,β-unsaturated/α-hetero) is 1. The average molecular weight is 379 g/mol. The molecule has 28 heavy (non-hydrogen) atoms. The third kappa shape index (κ3) is 3.03. The van der Waals surface area contributed by atoms with Gasteiger partial charge in [-0.25, -0.2) is 9.37 Å². The summed E-state index contributed by atoms with van der Waals surface area (Å²) in [5.74, 6) is 2.48. The van der Waals surface area contributed by atoms with Gasteiger partial charge in [0.2, 0.25) is 0 Å². The van der Waals surface area contributed by atoms with Crippen LogP contribution in [0.4, 0.5) is 4.39 Å². The maximum absolute atomic E-state index is 14.3. The molecule has 1 aromatic heterocycles. The minimum Gasteiger partial charge on any atom is -0.436 e. The third-order valence-electron chi connectivity index (χ3n) is 7.17. The third-order valence-corrected chi connectivity index (χ3v) is 7.17. The van der Waals surface area contributed by atoms with Crippen LogP contribution in [0.25, 0.3) is 0 Å². The highest BCUT2D eigenvalue weighted by molar-refractivity contribution is 5.95. The normalized spacial score (nSPS) is 30.4. The zero-order valence-corrected chi connectivity index (χ0v) is 16.3. The number of carbonyl (C=O) groups excluding carboxylic acids is 1. The van der Waals surface area contributed by atoms with E-state index >= 15 is 0 Å². The van der Waals surface area contributed by atoms with E-state index in [-0.39, 0.29) is 17.2 Å². The van der Waals surface area contributed by atoms with Crippen LogP contribution in [0, 0.1) is 23.6 Å². The summed E-state index contributed by atoms with van der Waals surface area (Å²) in [6, 6.07) is 9.39. The largest absolute Gasteiger partial charge is 0.436 e. The lowest BCUT2D eigenvalue weighted by molar-refractivity contribution is -0.00520. The molecule has 4 aliphatic carbocycles. The second kappa shape index (κ2) is 6.68. The van der Waals surface area contributed by atoms with Crippen LogP contribution in [0.2, 0.25) is 0 Å². The molecule has 0 radical (unpaired) electrons. The minimum absolute atomic E-state index is 0.0878. The highest BCUT2D eigenvalue weighted by atomic mass is 19.1. The first-order valence-electron chi connectivity index (χ1n) is 10.5. The van der Waals surface area contributed by atoms with Gasteiger partial charge in [0.15, 0.2) is 11.6 Å². The van der Waals surface area contributed by atoms with Crippen LogP contribution >= 0.6 is 0 Å². The molecule has 0 saturated heterocycles. The Hall–Kier alpha value is -2.23. The number of ether oxygens (including phenoxy) is 1. The smallest absolute Gasteiger partial charge is 0.255 e. The summed E-state index contributed by atoms with van der Waals surface area (Å²) in [7, 11) is 0. The molecule has 146 valence electrons. The molecule has 0 amide bonds. The van der Waals surface area contributed by atoms with Crippen molar-refractivity contribution in [3.8, 4) is 11.6 Å². The van der Waals surface area contributed by atoms with Crippen molar-refractivity contribution >= 4 is 5.78 Å². The number of hydrogen-bond acceptors (Lipinski definition) is 3. The first-order chi connectivity index (χ1) is 13.5. The van der Waals surface area contributed by atoms with Gasteiger partial charge < -0.3 is 4.74 Å². The van der Waals surface area contributed by atoms with E-state index < -0.39 is 5.82 Å². The van der Waals surface area contributed by atoms with E-state index in [9.17, 15) is 9.18 Å². The molecule has 0 N–H and O–H groups in total. The molecule has 4 fully saturated rings. The van der Waals surface area contributed by atoms with Gasteiger partial charge in [0.1, 0.15) is 5.75 Å². The monoisotopic (exact) mass is 379 g/mol. The Bertz CT molecular complexity index is 870. The van der Waals surface area contributed by atoms with Gasteiger partial charge in [-0.2, -0.15) is 0 Å². The van der Waals surface area contributed by atoms with E-state index in [0.717, 1.165) is 17.8 Å². The second-order valence-corrected chi connectivity index (χ2v) is 9.11. The summed E-state index contributed by atoms with van der Waals surface area (Å²) in [5.41, 5.74) is 2.04.